The number of nitro groups is 1. The minimum absolute atomic E-state index is 0.00825. The number of carbonyl (C=O) groups is 1. The number of rotatable bonds is 7. The lowest BCUT2D eigenvalue weighted by molar-refractivity contribution is -0.384. The number of aliphatic hydroxyl groups is 1. The van der Waals surface area contributed by atoms with Crippen molar-refractivity contribution in [2.75, 3.05) is 25.6 Å². The first-order chi connectivity index (χ1) is 9.80. The van der Waals surface area contributed by atoms with Gasteiger partial charge in [0.05, 0.1) is 12.0 Å². The largest absolute Gasteiger partial charge is 0.464 e. The maximum absolute atomic E-state index is 11.4. The van der Waals surface area contributed by atoms with E-state index in [9.17, 15) is 14.9 Å². The smallest absolute Gasteiger partial charge is 0.356 e. The van der Waals surface area contributed by atoms with E-state index in [0.29, 0.717) is 13.0 Å². The van der Waals surface area contributed by atoms with Gasteiger partial charge in [0.2, 0.25) is 5.82 Å². The van der Waals surface area contributed by atoms with E-state index in [1.54, 1.807) is 0 Å². The van der Waals surface area contributed by atoms with Crippen LogP contribution in [0.15, 0.2) is 12.1 Å². The van der Waals surface area contributed by atoms with Crippen molar-refractivity contribution in [1.82, 2.24) is 4.98 Å². The SMILES string of the molecule is COC(=O)c1ccc([N+](=O)[O-])c(NCC(C)(C)CCO)n1. The molecule has 1 rings (SSSR count). The zero-order chi connectivity index (χ0) is 16.0. The predicted octanol–water partition coefficient (Wildman–Crippen LogP) is 1.60. The summed E-state index contributed by atoms with van der Waals surface area (Å²) in [5, 5.41) is 22.8. The lowest BCUT2D eigenvalue weighted by atomic mass is 9.90. The molecular weight excluding hydrogens is 278 g/mol. The van der Waals surface area contributed by atoms with Crippen LogP contribution in [0.25, 0.3) is 0 Å². The summed E-state index contributed by atoms with van der Waals surface area (Å²) in [6.45, 7) is 4.21. The van der Waals surface area contributed by atoms with E-state index in [1.165, 1.54) is 19.2 Å². The molecule has 116 valence electrons. The van der Waals surface area contributed by atoms with Crippen molar-refractivity contribution < 1.29 is 19.6 Å². The van der Waals surface area contributed by atoms with Gasteiger partial charge in [-0.3, -0.25) is 10.1 Å². The van der Waals surface area contributed by atoms with Crippen molar-refractivity contribution in [2.24, 2.45) is 5.41 Å². The Morgan fingerprint density at radius 2 is 2.19 bits per heavy atom. The quantitative estimate of drug-likeness (QED) is 0.446. The van der Waals surface area contributed by atoms with Gasteiger partial charge in [0.1, 0.15) is 0 Å². The molecule has 0 aromatic carbocycles. The predicted molar refractivity (Wildman–Crippen MR) is 76.2 cm³/mol. The van der Waals surface area contributed by atoms with Gasteiger partial charge in [-0.25, -0.2) is 9.78 Å². The molecule has 21 heavy (non-hydrogen) atoms. The minimum Gasteiger partial charge on any atom is -0.464 e. The molecule has 0 spiro atoms. The number of hydrogen-bond donors (Lipinski definition) is 2. The second kappa shape index (κ2) is 6.98. The van der Waals surface area contributed by atoms with Crippen LogP contribution >= 0.6 is 0 Å². The topological polar surface area (TPSA) is 115 Å². The molecule has 0 unspecified atom stereocenters. The number of nitrogens with zero attached hydrogens (tertiary/aromatic N) is 2. The van der Waals surface area contributed by atoms with Gasteiger partial charge in [0.25, 0.3) is 0 Å². The van der Waals surface area contributed by atoms with Gasteiger partial charge < -0.3 is 15.2 Å². The molecule has 0 aliphatic heterocycles. The molecular formula is C13H19N3O5. The van der Waals surface area contributed by atoms with Crippen LogP contribution in [0.5, 0.6) is 0 Å². The number of carbonyl (C=O) groups excluding carboxylic acids is 1. The third kappa shape index (κ3) is 4.67. The first-order valence-corrected chi connectivity index (χ1v) is 6.39. The highest BCUT2D eigenvalue weighted by Gasteiger charge is 2.22. The summed E-state index contributed by atoms with van der Waals surface area (Å²) >= 11 is 0. The highest BCUT2D eigenvalue weighted by atomic mass is 16.6. The lowest BCUT2D eigenvalue weighted by Gasteiger charge is -2.24. The normalized spacial score (nSPS) is 11.0. The molecule has 8 heteroatoms. The van der Waals surface area contributed by atoms with Crippen LogP contribution in [-0.4, -0.2) is 41.2 Å². The standard InChI is InChI=1S/C13H19N3O5/c1-13(2,6-7-17)8-14-11-10(16(19)20)5-4-9(15-11)12(18)21-3/h4-5,17H,6-8H2,1-3H3,(H,14,15). The van der Waals surface area contributed by atoms with Crippen molar-refractivity contribution in [1.29, 1.82) is 0 Å². The molecule has 1 heterocycles. The molecule has 0 amide bonds. The third-order valence-corrected chi connectivity index (χ3v) is 2.99. The summed E-state index contributed by atoms with van der Waals surface area (Å²) in [6.07, 6.45) is 0.532. The molecule has 0 fully saturated rings. The van der Waals surface area contributed by atoms with Crippen molar-refractivity contribution in [3.05, 3.63) is 27.9 Å². The number of ether oxygens (including phenoxy) is 1. The Morgan fingerprint density at radius 1 is 1.52 bits per heavy atom. The molecule has 0 saturated heterocycles. The monoisotopic (exact) mass is 297 g/mol. The zero-order valence-corrected chi connectivity index (χ0v) is 12.3. The maximum atomic E-state index is 11.4. The number of hydrogen-bond acceptors (Lipinski definition) is 7. The molecule has 0 bridgehead atoms. The molecule has 0 saturated carbocycles. The molecule has 0 atom stereocenters. The van der Waals surface area contributed by atoms with Gasteiger partial charge in [-0.05, 0) is 17.9 Å². The van der Waals surface area contributed by atoms with E-state index < -0.39 is 10.9 Å². The Bertz CT molecular complexity index is 531. The fourth-order valence-corrected chi connectivity index (χ4v) is 1.66. The Balaban J connectivity index is 3.01. The van der Waals surface area contributed by atoms with E-state index in [2.05, 4.69) is 15.0 Å². The van der Waals surface area contributed by atoms with Crippen LogP contribution in [0.3, 0.4) is 0 Å². The number of aromatic nitrogens is 1. The van der Waals surface area contributed by atoms with Crippen molar-refractivity contribution in [2.45, 2.75) is 20.3 Å². The van der Waals surface area contributed by atoms with Gasteiger partial charge in [-0.1, -0.05) is 13.8 Å². The van der Waals surface area contributed by atoms with E-state index in [4.69, 9.17) is 5.11 Å². The first-order valence-electron chi connectivity index (χ1n) is 6.39. The van der Waals surface area contributed by atoms with Crippen molar-refractivity contribution in [3.63, 3.8) is 0 Å². The summed E-state index contributed by atoms with van der Waals surface area (Å²) < 4.78 is 4.54. The van der Waals surface area contributed by atoms with Gasteiger partial charge >= 0.3 is 11.7 Å². The van der Waals surface area contributed by atoms with Crippen molar-refractivity contribution >= 4 is 17.5 Å². The summed E-state index contributed by atoms with van der Waals surface area (Å²) in [5.74, 6) is -0.656. The zero-order valence-electron chi connectivity index (χ0n) is 12.3. The summed E-state index contributed by atoms with van der Waals surface area (Å²) in [4.78, 5) is 25.8. The lowest BCUT2D eigenvalue weighted by Crippen LogP contribution is -2.25. The summed E-state index contributed by atoms with van der Waals surface area (Å²) in [6, 6.07) is 2.45. The third-order valence-electron chi connectivity index (χ3n) is 2.99. The van der Waals surface area contributed by atoms with Crippen LogP contribution in [0, 0.1) is 15.5 Å². The number of nitrogens with one attached hydrogen (secondary N) is 1. The highest BCUT2D eigenvalue weighted by molar-refractivity contribution is 5.88. The van der Waals surface area contributed by atoms with Crippen LogP contribution in [-0.2, 0) is 4.74 Å². The Morgan fingerprint density at radius 3 is 2.71 bits per heavy atom. The van der Waals surface area contributed by atoms with E-state index in [0.717, 1.165) is 0 Å². The molecule has 1 aromatic heterocycles. The molecule has 8 nitrogen and oxygen atoms in total. The summed E-state index contributed by atoms with van der Waals surface area (Å²) in [5.41, 5.74) is -0.501. The van der Waals surface area contributed by atoms with E-state index >= 15 is 0 Å². The Hall–Kier alpha value is -2.22. The van der Waals surface area contributed by atoms with Gasteiger partial charge in [0.15, 0.2) is 5.69 Å². The maximum Gasteiger partial charge on any atom is 0.356 e. The van der Waals surface area contributed by atoms with Gasteiger partial charge in [-0.15, -0.1) is 0 Å². The van der Waals surface area contributed by atoms with Gasteiger partial charge in [0, 0.05) is 19.2 Å². The number of methoxy groups -OCH3 is 1. The number of anilines is 1. The number of esters is 1. The van der Waals surface area contributed by atoms with Crippen LogP contribution in [0.2, 0.25) is 0 Å². The number of aliphatic hydroxyl groups excluding tert-OH is 1. The Kier molecular flexibility index (Phi) is 5.60. The molecule has 1 aromatic rings. The van der Waals surface area contributed by atoms with Crippen LogP contribution < -0.4 is 5.32 Å². The van der Waals surface area contributed by atoms with Gasteiger partial charge in [-0.2, -0.15) is 0 Å². The average Bonchev–Trinajstić information content (AvgIpc) is 2.43. The average molecular weight is 297 g/mol. The van der Waals surface area contributed by atoms with E-state index in [1.807, 2.05) is 13.8 Å². The second-order valence-electron chi connectivity index (χ2n) is 5.30. The first kappa shape index (κ1) is 16.8. The fourth-order valence-electron chi connectivity index (χ4n) is 1.66. The highest BCUT2D eigenvalue weighted by Crippen LogP contribution is 2.26. The second-order valence-corrected chi connectivity index (χ2v) is 5.30. The van der Waals surface area contributed by atoms with Crippen LogP contribution in [0.1, 0.15) is 30.8 Å². The molecule has 0 aliphatic rings. The van der Waals surface area contributed by atoms with E-state index in [-0.39, 0.29) is 29.2 Å². The molecule has 2 N–H and O–H groups in total. The van der Waals surface area contributed by atoms with Crippen molar-refractivity contribution in [3.8, 4) is 0 Å². The summed E-state index contributed by atoms with van der Waals surface area (Å²) in [7, 11) is 1.21. The molecule has 0 radical (unpaired) electrons. The minimum atomic E-state index is -0.664. The number of pyridine rings is 1. The van der Waals surface area contributed by atoms with Crippen LogP contribution in [0.4, 0.5) is 11.5 Å². The molecule has 0 aliphatic carbocycles. The fraction of sp³-hybridized carbons (Fsp3) is 0.538. The Labute approximate surface area is 122 Å².